The number of imidazole rings is 1. The summed E-state index contributed by atoms with van der Waals surface area (Å²) >= 11 is 0. The monoisotopic (exact) mass is 830 g/mol. The number of aliphatic hydroxyl groups excluding tert-OH is 1. The molecule has 0 bridgehead atoms. The van der Waals surface area contributed by atoms with Crippen LogP contribution in [0.15, 0.2) is 37.1 Å². The third kappa shape index (κ3) is 9.70. The molecule has 59 heavy (non-hydrogen) atoms. The Morgan fingerprint density at radius 3 is 2.46 bits per heavy atom. The summed E-state index contributed by atoms with van der Waals surface area (Å²) in [7, 11) is 5.03. The summed E-state index contributed by atoms with van der Waals surface area (Å²) in [6, 6.07) is 2.35. The van der Waals surface area contributed by atoms with Gasteiger partial charge in [0.05, 0.1) is 29.8 Å². The summed E-state index contributed by atoms with van der Waals surface area (Å²) in [6.45, 7) is 13.1. The molecule has 17 heteroatoms. The Bertz CT molecular complexity index is 1780. The lowest BCUT2D eigenvalue weighted by molar-refractivity contribution is -0.295. The van der Waals surface area contributed by atoms with Crippen LogP contribution >= 0.6 is 0 Å². The van der Waals surface area contributed by atoms with Crippen LogP contribution in [0.4, 0.5) is 9.18 Å². The Labute approximate surface area is 346 Å². The summed E-state index contributed by atoms with van der Waals surface area (Å²) in [5.41, 5.74) is 0.163. The third-order valence-corrected chi connectivity index (χ3v) is 12.5. The van der Waals surface area contributed by atoms with Crippen molar-refractivity contribution < 1.29 is 52.4 Å². The van der Waals surface area contributed by atoms with Crippen LogP contribution in [-0.4, -0.2) is 141 Å². The number of pyridine rings is 1. The van der Waals surface area contributed by atoms with Crippen LogP contribution in [-0.2, 0) is 38.1 Å². The first-order valence-corrected chi connectivity index (χ1v) is 20.6. The van der Waals surface area contributed by atoms with E-state index in [-0.39, 0.29) is 43.4 Å². The number of likely N-dealkylation sites (N-methyl/N-ethyl adjacent to an activating group) is 1. The molecule has 2 aromatic heterocycles. The van der Waals surface area contributed by atoms with Gasteiger partial charge in [0.2, 0.25) is 0 Å². The van der Waals surface area contributed by atoms with Gasteiger partial charge in [-0.25, -0.2) is 29.4 Å². The van der Waals surface area contributed by atoms with Gasteiger partial charge in [-0.2, -0.15) is 0 Å². The number of nitrogens with one attached hydrogen (secondary N) is 1. The Morgan fingerprint density at radius 2 is 1.83 bits per heavy atom. The fourth-order valence-corrected chi connectivity index (χ4v) is 8.80. The van der Waals surface area contributed by atoms with E-state index in [4.69, 9.17) is 23.7 Å². The number of Topliss-reactive ketones (excluding diaryl/α,β-unsaturated/α-hetero) is 2. The van der Waals surface area contributed by atoms with Crippen molar-refractivity contribution in [2.24, 2.45) is 17.8 Å². The molecule has 5 rings (SSSR count). The van der Waals surface area contributed by atoms with Gasteiger partial charge in [0.15, 0.2) is 18.2 Å². The van der Waals surface area contributed by atoms with Crippen LogP contribution in [0, 0.1) is 17.8 Å². The molecule has 3 aliphatic heterocycles. The second-order valence-electron chi connectivity index (χ2n) is 17.2. The van der Waals surface area contributed by atoms with Crippen LogP contribution in [0.1, 0.15) is 87.1 Å². The molecule has 14 atom stereocenters. The molecule has 0 saturated carbocycles. The van der Waals surface area contributed by atoms with E-state index in [2.05, 4.69) is 15.4 Å². The number of ketones is 2. The first-order valence-electron chi connectivity index (χ1n) is 20.6. The van der Waals surface area contributed by atoms with E-state index < -0.39 is 83.6 Å². The Morgan fingerprint density at radius 1 is 1.12 bits per heavy atom. The van der Waals surface area contributed by atoms with Gasteiger partial charge in [0.25, 0.3) is 5.67 Å². The molecule has 0 aromatic carbocycles. The maximum Gasteiger partial charge on any atom is 0.425 e. The standard InChI is InChI=1S/C42H63FN6O10/c1-12-31-35-32(49(40(54)58-35)46-17-15-24(3)48-21-29(45-22-48)28-14-13-16-44-20-28)26(5)33(50)23(2)19-41(7,55-11)37(27(6)36(52)42(8,43)39(53)57-31)59-38-34(51)30(47(9)10)18-25(4)56-38/h13-14,16,20-27,30-32,34-35,37-38,46,51H,12,15,17-19H2,1-11H3/t23-,24?,25-,26-,27+,30+,31-,32-,34-,35?,37-,38?,41+,42+/m1/s1. The molecule has 5 heterocycles. The Hall–Kier alpha value is -3.87. The van der Waals surface area contributed by atoms with Gasteiger partial charge in [-0.1, -0.05) is 27.7 Å². The highest BCUT2D eigenvalue weighted by molar-refractivity contribution is 6.07. The van der Waals surface area contributed by atoms with Crippen LogP contribution in [0.25, 0.3) is 11.3 Å². The maximum atomic E-state index is 16.8. The molecule has 3 unspecified atom stereocenters. The van der Waals surface area contributed by atoms with Crippen molar-refractivity contribution in [2.75, 3.05) is 27.7 Å². The number of amides is 1. The van der Waals surface area contributed by atoms with E-state index in [1.54, 1.807) is 46.4 Å². The second-order valence-corrected chi connectivity index (χ2v) is 17.2. The van der Waals surface area contributed by atoms with Crippen LogP contribution in [0.2, 0.25) is 0 Å². The number of nitrogens with zero attached hydrogens (tertiary/aromatic N) is 5. The van der Waals surface area contributed by atoms with Gasteiger partial charge >= 0.3 is 12.1 Å². The van der Waals surface area contributed by atoms with Crippen molar-refractivity contribution in [2.45, 2.75) is 147 Å². The zero-order chi connectivity index (χ0) is 43.6. The number of rotatable bonds is 11. The summed E-state index contributed by atoms with van der Waals surface area (Å²) in [6.07, 6.45) is 0.915. The minimum atomic E-state index is -3.18. The number of alkyl halides is 1. The van der Waals surface area contributed by atoms with Crippen LogP contribution in [0.3, 0.4) is 0 Å². The van der Waals surface area contributed by atoms with Gasteiger partial charge < -0.3 is 38.3 Å². The summed E-state index contributed by atoms with van der Waals surface area (Å²) in [4.78, 5) is 66.7. The average Bonchev–Trinajstić information content (AvgIpc) is 3.83. The fraction of sp³-hybridized carbons (Fsp3) is 0.714. The van der Waals surface area contributed by atoms with Gasteiger partial charge in [-0.15, -0.1) is 0 Å². The quantitative estimate of drug-likeness (QED) is 0.241. The molecule has 328 valence electrons. The molecule has 0 aliphatic carbocycles. The fourth-order valence-electron chi connectivity index (χ4n) is 8.80. The molecule has 2 aromatic rings. The molecule has 0 radical (unpaired) electrons. The normalized spacial score (nSPS) is 36.8. The zero-order valence-electron chi connectivity index (χ0n) is 36.2. The Balaban J connectivity index is 1.44. The van der Waals surface area contributed by atoms with E-state index in [1.807, 2.05) is 55.7 Å². The molecular weight excluding hydrogens is 767 g/mol. The number of hydrogen-bond donors (Lipinski definition) is 2. The van der Waals surface area contributed by atoms with Crippen molar-refractivity contribution in [1.82, 2.24) is 29.9 Å². The van der Waals surface area contributed by atoms with E-state index in [0.29, 0.717) is 12.8 Å². The molecule has 1 amide bonds. The molecule has 16 nitrogen and oxygen atoms in total. The largest absolute Gasteiger partial charge is 0.456 e. The van der Waals surface area contributed by atoms with E-state index in [1.165, 1.54) is 19.0 Å². The number of aliphatic hydroxyl groups is 1. The molecule has 3 saturated heterocycles. The summed E-state index contributed by atoms with van der Waals surface area (Å²) in [5, 5.41) is 12.7. The smallest absolute Gasteiger partial charge is 0.425 e. The average molecular weight is 831 g/mol. The van der Waals surface area contributed by atoms with Crippen molar-refractivity contribution in [1.29, 1.82) is 0 Å². The van der Waals surface area contributed by atoms with Crippen molar-refractivity contribution >= 4 is 23.6 Å². The van der Waals surface area contributed by atoms with Gasteiger partial charge in [0.1, 0.15) is 24.0 Å². The van der Waals surface area contributed by atoms with Crippen molar-refractivity contribution in [3.8, 4) is 11.3 Å². The number of hydrazine groups is 1. The number of carbonyl (C=O) groups excluding carboxylic acids is 4. The number of fused-ring (bicyclic) bond motifs is 1. The highest BCUT2D eigenvalue weighted by atomic mass is 19.1. The van der Waals surface area contributed by atoms with E-state index in [9.17, 15) is 24.3 Å². The number of carbonyl (C=O) groups is 4. The Kier molecular flexibility index (Phi) is 14.7. The second kappa shape index (κ2) is 18.8. The zero-order valence-corrected chi connectivity index (χ0v) is 36.2. The van der Waals surface area contributed by atoms with Crippen LogP contribution in [0.5, 0.6) is 0 Å². The number of esters is 1. The lowest BCUT2D eigenvalue weighted by atomic mass is 9.75. The van der Waals surface area contributed by atoms with Crippen LogP contribution < -0.4 is 5.43 Å². The highest BCUT2D eigenvalue weighted by Crippen LogP contribution is 2.40. The molecule has 3 fully saturated rings. The number of cyclic esters (lactones) is 1. The number of hydrogen-bond acceptors (Lipinski definition) is 14. The van der Waals surface area contributed by atoms with Gasteiger partial charge in [-0.3, -0.25) is 14.6 Å². The van der Waals surface area contributed by atoms with E-state index >= 15 is 4.39 Å². The highest BCUT2D eigenvalue weighted by Gasteiger charge is 2.57. The minimum absolute atomic E-state index is 0.0157. The summed E-state index contributed by atoms with van der Waals surface area (Å²) < 4.78 is 48.9. The maximum absolute atomic E-state index is 16.8. The number of aromatic nitrogens is 3. The van der Waals surface area contributed by atoms with E-state index in [0.717, 1.165) is 18.2 Å². The molecule has 2 N–H and O–H groups in total. The predicted octanol–water partition coefficient (Wildman–Crippen LogP) is 4.31. The molecule has 0 spiro atoms. The predicted molar refractivity (Wildman–Crippen MR) is 213 cm³/mol. The first kappa shape index (κ1) is 46.2. The SMILES string of the molecule is CC[C@H]1OC(=O)[C@@](C)(F)C(=O)[C@H](C)[C@@H](OC2O[C@H](C)C[C@H](N(C)C)[C@H]2O)[C@@](C)(OC)C[C@@H](C)C(=O)[C@H](C)[C@@H]2C1OC(=O)N2NCCC(C)n1cnc(-c2cccnc2)c1. The lowest BCUT2D eigenvalue weighted by Crippen LogP contribution is -2.61. The lowest BCUT2D eigenvalue weighted by Gasteiger charge is -2.47. The molecule has 3 aliphatic rings. The molecular formula is C42H63FN6O10. The van der Waals surface area contributed by atoms with Crippen molar-refractivity contribution in [3.05, 3.63) is 37.1 Å². The number of halogens is 1. The topological polar surface area (TPSA) is 184 Å². The van der Waals surface area contributed by atoms with Gasteiger partial charge in [0, 0.05) is 67.6 Å². The van der Waals surface area contributed by atoms with Gasteiger partial charge in [-0.05, 0) is 79.6 Å². The summed E-state index contributed by atoms with van der Waals surface area (Å²) in [5.74, 6) is -5.90. The number of ether oxygens (including phenoxy) is 5. The first-order chi connectivity index (χ1) is 27.7. The van der Waals surface area contributed by atoms with Crippen molar-refractivity contribution in [3.63, 3.8) is 0 Å². The minimum Gasteiger partial charge on any atom is -0.456 e. The number of methoxy groups -OCH3 is 1. The third-order valence-electron chi connectivity index (χ3n) is 12.5.